The molecule has 0 heteroatoms. The molecular weight excluding hydrogens is 108 g/mol. The molecule has 0 aromatic heterocycles. The lowest BCUT2D eigenvalue weighted by molar-refractivity contribution is 0.423. The molecule has 0 fully saturated rings. The Hall–Kier alpha value is -0.260. The molecule has 0 aromatic carbocycles. The SMILES string of the molecule is CC1C=C(C(C)(C)C)C1. The first-order chi connectivity index (χ1) is 4.00. The molecule has 1 rings (SSSR count). The quantitative estimate of drug-likeness (QED) is 0.435. The Morgan fingerprint density at radius 3 is 2.00 bits per heavy atom. The Morgan fingerprint density at radius 1 is 1.44 bits per heavy atom. The second-order valence-corrected chi connectivity index (χ2v) is 4.12. The van der Waals surface area contributed by atoms with Crippen molar-refractivity contribution < 1.29 is 0 Å². The minimum atomic E-state index is 0.437. The first-order valence-corrected chi connectivity index (χ1v) is 3.71. The molecule has 0 N–H and O–H groups in total. The van der Waals surface area contributed by atoms with Crippen LogP contribution in [0.3, 0.4) is 0 Å². The van der Waals surface area contributed by atoms with Gasteiger partial charge >= 0.3 is 0 Å². The number of rotatable bonds is 0. The van der Waals surface area contributed by atoms with E-state index < -0.39 is 0 Å². The average Bonchev–Trinajstić information content (AvgIpc) is 1.55. The Kier molecular flexibility index (Phi) is 1.42. The first-order valence-electron chi connectivity index (χ1n) is 3.71. The first kappa shape index (κ1) is 6.85. The second-order valence-electron chi connectivity index (χ2n) is 4.12. The van der Waals surface area contributed by atoms with Gasteiger partial charge < -0.3 is 0 Å². The molecule has 0 bridgehead atoms. The third kappa shape index (κ3) is 1.35. The van der Waals surface area contributed by atoms with Crippen LogP contribution in [0.5, 0.6) is 0 Å². The maximum Gasteiger partial charge on any atom is -0.0173 e. The van der Waals surface area contributed by atoms with Crippen molar-refractivity contribution in [2.75, 3.05) is 0 Å². The van der Waals surface area contributed by atoms with E-state index in [9.17, 15) is 0 Å². The standard InChI is InChI=1S/C9H16/c1-7-5-8(6-7)9(2,3)4/h5,7H,6H2,1-4H3. The second kappa shape index (κ2) is 1.86. The molecule has 9 heavy (non-hydrogen) atoms. The average molecular weight is 124 g/mol. The van der Waals surface area contributed by atoms with Crippen LogP contribution in [0.4, 0.5) is 0 Å². The maximum atomic E-state index is 2.39. The van der Waals surface area contributed by atoms with Crippen molar-refractivity contribution in [3.05, 3.63) is 11.6 Å². The van der Waals surface area contributed by atoms with Crippen LogP contribution in [0.25, 0.3) is 0 Å². The van der Waals surface area contributed by atoms with Crippen LogP contribution in [0.2, 0.25) is 0 Å². The zero-order valence-corrected chi connectivity index (χ0v) is 6.86. The molecule has 1 atom stereocenters. The summed E-state index contributed by atoms with van der Waals surface area (Å²) in [6.45, 7) is 9.12. The molecule has 1 unspecified atom stereocenters. The van der Waals surface area contributed by atoms with Crippen LogP contribution in [-0.2, 0) is 0 Å². The van der Waals surface area contributed by atoms with Crippen molar-refractivity contribution in [2.24, 2.45) is 11.3 Å². The largest absolute Gasteiger partial charge is 0.0816 e. The Morgan fingerprint density at radius 2 is 1.89 bits per heavy atom. The van der Waals surface area contributed by atoms with Gasteiger partial charge in [0.25, 0.3) is 0 Å². The van der Waals surface area contributed by atoms with Crippen LogP contribution in [0.1, 0.15) is 34.1 Å². The van der Waals surface area contributed by atoms with Crippen molar-refractivity contribution in [1.29, 1.82) is 0 Å². The van der Waals surface area contributed by atoms with E-state index >= 15 is 0 Å². The van der Waals surface area contributed by atoms with E-state index in [1.807, 2.05) is 0 Å². The van der Waals surface area contributed by atoms with Crippen molar-refractivity contribution in [2.45, 2.75) is 34.1 Å². The van der Waals surface area contributed by atoms with Gasteiger partial charge in [-0.25, -0.2) is 0 Å². The van der Waals surface area contributed by atoms with Gasteiger partial charge in [0.05, 0.1) is 0 Å². The van der Waals surface area contributed by atoms with Gasteiger partial charge in [0.1, 0.15) is 0 Å². The van der Waals surface area contributed by atoms with Gasteiger partial charge in [-0.05, 0) is 17.8 Å². The zero-order valence-electron chi connectivity index (χ0n) is 6.86. The Bertz CT molecular complexity index is 135. The molecule has 0 heterocycles. The van der Waals surface area contributed by atoms with Crippen LogP contribution in [0, 0.1) is 11.3 Å². The lowest BCUT2D eigenvalue weighted by Gasteiger charge is -2.32. The molecule has 0 nitrogen and oxygen atoms in total. The van der Waals surface area contributed by atoms with Gasteiger partial charge in [0.15, 0.2) is 0 Å². The molecule has 0 aromatic rings. The number of allylic oxidation sites excluding steroid dienone is 2. The lowest BCUT2D eigenvalue weighted by Crippen LogP contribution is -2.19. The Balaban J connectivity index is 2.58. The fourth-order valence-electron chi connectivity index (χ4n) is 1.21. The van der Waals surface area contributed by atoms with Gasteiger partial charge in [0, 0.05) is 0 Å². The van der Waals surface area contributed by atoms with Crippen molar-refractivity contribution in [3.63, 3.8) is 0 Å². The minimum absolute atomic E-state index is 0.437. The Labute approximate surface area is 58.0 Å². The van der Waals surface area contributed by atoms with Crippen LogP contribution in [0.15, 0.2) is 11.6 Å². The summed E-state index contributed by atoms with van der Waals surface area (Å²) in [5.41, 5.74) is 2.07. The number of hydrogen-bond donors (Lipinski definition) is 0. The van der Waals surface area contributed by atoms with Crippen molar-refractivity contribution >= 4 is 0 Å². The van der Waals surface area contributed by atoms with Crippen LogP contribution < -0.4 is 0 Å². The summed E-state index contributed by atoms with van der Waals surface area (Å²) in [5.74, 6) is 0.847. The minimum Gasteiger partial charge on any atom is -0.0816 e. The van der Waals surface area contributed by atoms with Crippen LogP contribution >= 0.6 is 0 Å². The van der Waals surface area contributed by atoms with Gasteiger partial charge in [-0.1, -0.05) is 39.3 Å². The molecule has 0 radical (unpaired) electrons. The molecule has 0 aliphatic heterocycles. The molecule has 52 valence electrons. The normalized spacial score (nSPS) is 27.1. The van der Waals surface area contributed by atoms with E-state index in [2.05, 4.69) is 33.8 Å². The highest BCUT2D eigenvalue weighted by Gasteiger charge is 2.24. The van der Waals surface area contributed by atoms with E-state index in [0.717, 1.165) is 5.92 Å². The number of hydrogen-bond acceptors (Lipinski definition) is 0. The third-order valence-corrected chi connectivity index (χ3v) is 1.99. The lowest BCUT2D eigenvalue weighted by atomic mass is 9.73. The monoisotopic (exact) mass is 124 g/mol. The van der Waals surface area contributed by atoms with Gasteiger partial charge in [0.2, 0.25) is 0 Å². The molecule has 0 saturated carbocycles. The third-order valence-electron chi connectivity index (χ3n) is 1.99. The smallest absolute Gasteiger partial charge is 0.0173 e. The summed E-state index contributed by atoms with van der Waals surface area (Å²) < 4.78 is 0. The highest BCUT2D eigenvalue weighted by atomic mass is 14.3. The predicted octanol–water partition coefficient (Wildman–Crippen LogP) is 3.00. The fraction of sp³-hybridized carbons (Fsp3) is 0.778. The van der Waals surface area contributed by atoms with Gasteiger partial charge in [-0.2, -0.15) is 0 Å². The summed E-state index contributed by atoms with van der Waals surface area (Å²) in [7, 11) is 0. The summed E-state index contributed by atoms with van der Waals surface area (Å²) >= 11 is 0. The molecule has 0 amide bonds. The zero-order chi connectivity index (χ0) is 7.07. The summed E-state index contributed by atoms with van der Waals surface area (Å²) in [4.78, 5) is 0. The van der Waals surface area contributed by atoms with Crippen molar-refractivity contribution in [3.8, 4) is 0 Å². The molecule has 1 aliphatic carbocycles. The highest BCUT2D eigenvalue weighted by molar-refractivity contribution is 5.21. The summed E-state index contributed by atoms with van der Waals surface area (Å²) in [6, 6.07) is 0. The predicted molar refractivity (Wildman–Crippen MR) is 41.3 cm³/mol. The van der Waals surface area contributed by atoms with E-state index in [1.165, 1.54) is 6.42 Å². The topological polar surface area (TPSA) is 0 Å². The molecular formula is C9H16. The fourth-order valence-corrected chi connectivity index (χ4v) is 1.21. The van der Waals surface area contributed by atoms with E-state index in [-0.39, 0.29) is 0 Å². The maximum absolute atomic E-state index is 2.39. The van der Waals surface area contributed by atoms with E-state index in [1.54, 1.807) is 5.57 Å². The summed E-state index contributed by atoms with van der Waals surface area (Å²) in [5, 5.41) is 0. The molecule has 0 saturated heterocycles. The van der Waals surface area contributed by atoms with Crippen LogP contribution in [-0.4, -0.2) is 0 Å². The van der Waals surface area contributed by atoms with E-state index in [4.69, 9.17) is 0 Å². The highest BCUT2D eigenvalue weighted by Crippen LogP contribution is 2.38. The molecule has 1 aliphatic rings. The van der Waals surface area contributed by atoms with E-state index in [0.29, 0.717) is 5.41 Å². The molecule has 0 spiro atoms. The van der Waals surface area contributed by atoms with Crippen molar-refractivity contribution in [1.82, 2.24) is 0 Å². The van der Waals surface area contributed by atoms with Gasteiger partial charge in [-0.3, -0.25) is 0 Å². The van der Waals surface area contributed by atoms with Gasteiger partial charge in [-0.15, -0.1) is 0 Å². The summed E-state index contributed by atoms with van der Waals surface area (Å²) in [6.07, 6.45) is 3.71.